The van der Waals surface area contributed by atoms with Crippen LogP contribution < -0.4 is 5.32 Å². The van der Waals surface area contributed by atoms with Crippen molar-refractivity contribution in [1.82, 2.24) is 5.32 Å². The van der Waals surface area contributed by atoms with Gasteiger partial charge in [0.05, 0.1) is 12.5 Å². The van der Waals surface area contributed by atoms with E-state index in [4.69, 9.17) is 0 Å². The Hall–Kier alpha value is -1.72. The largest absolute Gasteiger partial charge is 0.393 e. The smallest absolute Gasteiger partial charge is 0.230 e. The van der Waals surface area contributed by atoms with Crippen LogP contribution in [-0.2, 0) is 9.59 Å². The van der Waals surface area contributed by atoms with Gasteiger partial charge in [0.25, 0.3) is 0 Å². The van der Waals surface area contributed by atoms with Gasteiger partial charge in [-0.25, -0.2) is 0 Å². The lowest BCUT2D eigenvalue weighted by Crippen LogP contribution is -2.50. The molecule has 0 unspecified atom stereocenters. The van der Waals surface area contributed by atoms with Gasteiger partial charge in [-0.1, -0.05) is 49.3 Å². The molecular weight excluding hydrogens is 330 g/mol. The van der Waals surface area contributed by atoms with Crippen LogP contribution in [0.3, 0.4) is 0 Å². The summed E-state index contributed by atoms with van der Waals surface area (Å²) in [5, 5.41) is 23.2. The van der Waals surface area contributed by atoms with Crippen LogP contribution in [0.4, 0.5) is 0 Å². The van der Waals surface area contributed by atoms with E-state index in [1.54, 1.807) is 0 Å². The van der Waals surface area contributed by atoms with E-state index in [0.717, 1.165) is 23.1 Å². The predicted molar refractivity (Wildman–Crippen MR) is 103 cm³/mol. The van der Waals surface area contributed by atoms with Crippen LogP contribution in [0.15, 0.2) is 35.5 Å². The summed E-state index contributed by atoms with van der Waals surface area (Å²) >= 11 is 0. The van der Waals surface area contributed by atoms with E-state index < -0.39 is 29.8 Å². The number of allylic oxidation sites excluding steroid dienone is 3. The van der Waals surface area contributed by atoms with Gasteiger partial charge in [0, 0.05) is 12.5 Å². The van der Waals surface area contributed by atoms with Gasteiger partial charge < -0.3 is 15.5 Å². The summed E-state index contributed by atoms with van der Waals surface area (Å²) in [7, 11) is 0. The lowest BCUT2D eigenvalue weighted by molar-refractivity contribution is -0.149. The number of carbonyl (C=O) groups excluding carboxylic acids is 2. The SMILES string of the molecule is C=C1/C=C(\C)[C@H](CC)NC(=O)[C@H](C)C(=O)[C@@](O)(CO)C/C(C)=C/[C@@H](C)C1. The van der Waals surface area contributed by atoms with Crippen LogP contribution in [0.5, 0.6) is 0 Å². The average molecular weight is 363 g/mol. The Morgan fingerprint density at radius 1 is 1.31 bits per heavy atom. The normalized spacial score (nSPS) is 36.4. The zero-order valence-electron chi connectivity index (χ0n) is 16.6. The summed E-state index contributed by atoms with van der Waals surface area (Å²) in [6.07, 6.45) is 5.40. The lowest BCUT2D eigenvalue weighted by atomic mass is 9.83. The number of nitrogens with one attached hydrogen (secondary N) is 1. The molecule has 3 N–H and O–H groups in total. The lowest BCUT2D eigenvalue weighted by Gasteiger charge is -2.29. The minimum atomic E-state index is -1.95. The fourth-order valence-electron chi connectivity index (χ4n) is 3.54. The Kier molecular flexibility index (Phi) is 7.97. The molecule has 4 atom stereocenters. The minimum absolute atomic E-state index is 0.00282. The summed E-state index contributed by atoms with van der Waals surface area (Å²) in [6.45, 7) is 12.6. The molecule has 0 saturated heterocycles. The second kappa shape index (κ2) is 9.28. The van der Waals surface area contributed by atoms with E-state index in [2.05, 4.69) is 11.9 Å². The van der Waals surface area contributed by atoms with Crippen LogP contribution in [0, 0.1) is 11.8 Å². The molecular formula is C21H33NO4. The first-order chi connectivity index (χ1) is 12.0. The Labute approximate surface area is 156 Å². The molecule has 1 rings (SSSR count). The molecule has 146 valence electrons. The maximum absolute atomic E-state index is 12.7. The van der Waals surface area contributed by atoms with Gasteiger partial charge in [0.2, 0.25) is 5.91 Å². The number of hydrogen-bond acceptors (Lipinski definition) is 4. The van der Waals surface area contributed by atoms with Crippen LogP contribution in [0.1, 0.15) is 53.9 Å². The summed E-state index contributed by atoms with van der Waals surface area (Å²) in [6, 6.07) is -0.202. The van der Waals surface area contributed by atoms with E-state index in [-0.39, 0.29) is 18.4 Å². The Morgan fingerprint density at radius 3 is 2.46 bits per heavy atom. The molecule has 5 nitrogen and oxygen atoms in total. The van der Waals surface area contributed by atoms with E-state index in [9.17, 15) is 19.8 Å². The van der Waals surface area contributed by atoms with Crippen molar-refractivity contribution < 1.29 is 19.8 Å². The quantitative estimate of drug-likeness (QED) is 0.520. The zero-order valence-corrected chi connectivity index (χ0v) is 16.6. The number of aliphatic hydroxyl groups is 2. The minimum Gasteiger partial charge on any atom is -0.393 e. The van der Waals surface area contributed by atoms with Crippen LogP contribution >= 0.6 is 0 Å². The van der Waals surface area contributed by atoms with Crippen LogP contribution in [-0.4, -0.2) is 40.2 Å². The predicted octanol–water partition coefficient (Wildman–Crippen LogP) is 2.69. The molecule has 1 aliphatic heterocycles. The molecule has 0 aliphatic carbocycles. The molecule has 0 saturated carbocycles. The number of ketones is 1. The zero-order chi connectivity index (χ0) is 20.1. The highest BCUT2D eigenvalue weighted by Crippen LogP contribution is 2.25. The fraction of sp³-hybridized carbons (Fsp3) is 0.619. The monoisotopic (exact) mass is 363 g/mol. The van der Waals surface area contributed by atoms with Crippen molar-refractivity contribution in [3.05, 3.63) is 35.5 Å². The number of aliphatic hydroxyl groups excluding tert-OH is 1. The summed E-state index contributed by atoms with van der Waals surface area (Å²) in [4.78, 5) is 25.2. The third kappa shape index (κ3) is 5.64. The standard InChI is InChI=1S/C21H33NO4/c1-7-18-16(5)10-14(3)8-13(2)9-15(4)11-21(26,12-23)19(24)17(6)20(25)22-18/h9-10,13,17-18,23,26H,3,7-8,11-12H2,1-2,4-6H3,(H,22,25)/b15-9+,16-10+/t13-,17+,18-,21-/m0/s1. The highest BCUT2D eigenvalue weighted by atomic mass is 16.3. The Morgan fingerprint density at radius 2 is 1.92 bits per heavy atom. The highest BCUT2D eigenvalue weighted by molar-refractivity contribution is 6.05. The number of hydrogen-bond donors (Lipinski definition) is 3. The van der Waals surface area contributed by atoms with Crippen molar-refractivity contribution in [2.75, 3.05) is 6.61 Å². The van der Waals surface area contributed by atoms with Gasteiger partial charge in [-0.05, 0) is 39.5 Å². The summed E-state index contributed by atoms with van der Waals surface area (Å²) in [5.74, 6) is -1.97. The van der Waals surface area contributed by atoms with Crippen molar-refractivity contribution in [3.63, 3.8) is 0 Å². The van der Waals surface area contributed by atoms with Crippen molar-refractivity contribution in [3.8, 4) is 0 Å². The second-order valence-corrected chi connectivity index (χ2v) is 7.66. The van der Waals surface area contributed by atoms with E-state index >= 15 is 0 Å². The number of rotatable bonds is 2. The van der Waals surface area contributed by atoms with Crippen molar-refractivity contribution in [2.45, 2.75) is 65.5 Å². The van der Waals surface area contributed by atoms with Crippen molar-refractivity contribution in [2.24, 2.45) is 11.8 Å². The highest BCUT2D eigenvalue weighted by Gasteiger charge is 2.41. The first-order valence-corrected chi connectivity index (χ1v) is 9.25. The third-order valence-corrected chi connectivity index (χ3v) is 4.94. The summed E-state index contributed by atoms with van der Waals surface area (Å²) < 4.78 is 0. The third-order valence-electron chi connectivity index (χ3n) is 4.94. The van der Waals surface area contributed by atoms with Gasteiger partial charge in [-0.15, -0.1) is 0 Å². The first kappa shape index (κ1) is 22.3. The van der Waals surface area contributed by atoms with Gasteiger partial charge >= 0.3 is 0 Å². The van der Waals surface area contributed by atoms with Crippen molar-refractivity contribution >= 4 is 11.7 Å². The molecule has 1 aliphatic rings. The van der Waals surface area contributed by atoms with E-state index in [0.29, 0.717) is 6.42 Å². The molecule has 0 aromatic rings. The molecule has 0 bridgehead atoms. The van der Waals surface area contributed by atoms with Gasteiger partial charge in [0.15, 0.2) is 5.78 Å². The molecule has 0 fully saturated rings. The molecule has 0 aromatic heterocycles. The molecule has 1 amide bonds. The maximum atomic E-state index is 12.7. The number of amides is 1. The van der Waals surface area contributed by atoms with Crippen LogP contribution in [0.2, 0.25) is 0 Å². The van der Waals surface area contributed by atoms with Gasteiger partial charge in [0.1, 0.15) is 5.60 Å². The molecule has 26 heavy (non-hydrogen) atoms. The van der Waals surface area contributed by atoms with E-state index in [1.165, 1.54) is 6.92 Å². The molecule has 0 aromatic carbocycles. The first-order valence-electron chi connectivity index (χ1n) is 9.25. The van der Waals surface area contributed by atoms with Crippen molar-refractivity contribution in [1.29, 1.82) is 0 Å². The van der Waals surface area contributed by atoms with Gasteiger partial charge in [-0.2, -0.15) is 0 Å². The van der Waals surface area contributed by atoms with Gasteiger partial charge in [-0.3, -0.25) is 9.59 Å². The van der Waals surface area contributed by atoms with E-state index in [1.807, 2.05) is 39.8 Å². The molecule has 5 heteroatoms. The molecule has 0 radical (unpaired) electrons. The number of Topliss-reactive ketones (excluding diaryl/α,β-unsaturated/α-hetero) is 1. The Balaban J connectivity index is 3.32. The summed E-state index contributed by atoms with van der Waals surface area (Å²) in [5.41, 5.74) is 0.787. The molecule has 1 heterocycles. The number of carbonyl (C=O) groups is 2. The Bertz CT molecular complexity index is 620. The molecule has 0 spiro atoms. The average Bonchev–Trinajstić information content (AvgIpc) is 2.56. The second-order valence-electron chi connectivity index (χ2n) is 7.66. The topological polar surface area (TPSA) is 86.6 Å². The fourth-order valence-corrected chi connectivity index (χ4v) is 3.54. The van der Waals surface area contributed by atoms with Crippen LogP contribution in [0.25, 0.3) is 0 Å². The maximum Gasteiger partial charge on any atom is 0.230 e.